The number of amides is 1. The zero-order valence-electron chi connectivity index (χ0n) is 9.98. The van der Waals surface area contributed by atoms with Crippen molar-refractivity contribution in [3.05, 3.63) is 18.2 Å². The van der Waals surface area contributed by atoms with Crippen molar-refractivity contribution in [2.75, 3.05) is 5.32 Å². The number of hydrogen-bond acceptors (Lipinski definition) is 4. The van der Waals surface area contributed by atoms with Crippen LogP contribution in [0.15, 0.2) is 18.2 Å². The lowest BCUT2D eigenvalue weighted by Gasteiger charge is -2.13. The maximum absolute atomic E-state index is 12.0. The van der Waals surface area contributed by atoms with Gasteiger partial charge in [-0.25, -0.2) is 0 Å². The van der Waals surface area contributed by atoms with Crippen LogP contribution in [-0.4, -0.2) is 29.6 Å². The fraction of sp³-hybridized carbons (Fsp3) is 0.500. The van der Waals surface area contributed by atoms with E-state index in [1.165, 1.54) is 18.2 Å². The van der Waals surface area contributed by atoms with Crippen LogP contribution in [0.3, 0.4) is 0 Å². The summed E-state index contributed by atoms with van der Waals surface area (Å²) in [7, 11) is 0. The van der Waals surface area contributed by atoms with E-state index in [0.29, 0.717) is 12.0 Å². The van der Waals surface area contributed by atoms with E-state index >= 15 is 0 Å². The molecule has 3 atom stereocenters. The lowest BCUT2D eigenvalue weighted by Crippen LogP contribution is -2.38. The Morgan fingerprint density at radius 1 is 1.47 bits per heavy atom. The zero-order chi connectivity index (χ0) is 13.4. The summed E-state index contributed by atoms with van der Waals surface area (Å²) in [5.41, 5.74) is 0. The van der Waals surface area contributed by atoms with Gasteiger partial charge in [-0.05, 0) is 24.8 Å². The van der Waals surface area contributed by atoms with Crippen molar-refractivity contribution >= 4 is 11.7 Å². The number of hydrogen-bond donors (Lipinski definition) is 2. The van der Waals surface area contributed by atoms with Crippen LogP contribution < -0.4 is 15.4 Å². The van der Waals surface area contributed by atoms with Gasteiger partial charge in [-0.15, -0.1) is 0 Å². The summed E-state index contributed by atoms with van der Waals surface area (Å²) in [5, 5.41) is 5.80. The third kappa shape index (κ3) is 2.81. The molecule has 2 fully saturated rings. The fourth-order valence-corrected chi connectivity index (χ4v) is 2.38. The number of alkyl halides is 2. The topological polar surface area (TPSA) is 63.2 Å². The van der Waals surface area contributed by atoms with Crippen molar-refractivity contribution in [1.29, 1.82) is 0 Å². The highest BCUT2D eigenvalue weighted by atomic mass is 19.3. The number of halogens is 2. The fourth-order valence-electron chi connectivity index (χ4n) is 2.38. The number of anilines is 1. The monoisotopic (exact) mass is 269 g/mol. The van der Waals surface area contributed by atoms with Gasteiger partial charge >= 0.3 is 6.61 Å². The van der Waals surface area contributed by atoms with Crippen LogP contribution in [0.2, 0.25) is 0 Å². The van der Waals surface area contributed by atoms with E-state index in [1.807, 2.05) is 0 Å². The molecule has 2 N–H and O–H groups in total. The number of aromatic nitrogens is 1. The molecule has 1 aromatic heterocycles. The van der Waals surface area contributed by atoms with E-state index in [9.17, 15) is 13.6 Å². The number of nitrogens with one attached hydrogen (secondary N) is 2. The van der Waals surface area contributed by atoms with Crippen molar-refractivity contribution in [3.8, 4) is 5.88 Å². The van der Waals surface area contributed by atoms with Crippen LogP contribution in [0.4, 0.5) is 14.6 Å². The molecule has 3 rings (SSSR count). The first kappa shape index (κ1) is 12.3. The first-order chi connectivity index (χ1) is 9.11. The van der Waals surface area contributed by atoms with Gasteiger partial charge in [0.15, 0.2) is 0 Å². The van der Waals surface area contributed by atoms with Crippen molar-refractivity contribution in [2.45, 2.75) is 31.5 Å². The number of nitrogens with zero attached hydrogens (tertiary/aromatic N) is 1. The highest BCUT2D eigenvalue weighted by Crippen LogP contribution is 2.40. The van der Waals surface area contributed by atoms with E-state index in [1.54, 1.807) is 0 Å². The Hall–Kier alpha value is -1.76. The van der Waals surface area contributed by atoms with Crippen LogP contribution in [0, 0.1) is 5.92 Å². The maximum Gasteiger partial charge on any atom is 0.388 e. The Kier molecular flexibility index (Phi) is 3.06. The van der Waals surface area contributed by atoms with Crippen molar-refractivity contribution in [3.63, 3.8) is 0 Å². The molecule has 0 bridgehead atoms. The quantitative estimate of drug-likeness (QED) is 0.866. The average Bonchev–Trinajstić information content (AvgIpc) is 2.95. The van der Waals surface area contributed by atoms with Gasteiger partial charge in [0.05, 0.1) is 6.04 Å². The smallest absolute Gasteiger partial charge is 0.388 e. The summed E-state index contributed by atoms with van der Waals surface area (Å²) in [4.78, 5) is 15.7. The molecule has 7 heteroatoms. The van der Waals surface area contributed by atoms with Crippen LogP contribution in [0.5, 0.6) is 5.88 Å². The number of piperidine rings is 1. The molecule has 0 radical (unpaired) electrons. The molecular weight excluding hydrogens is 256 g/mol. The van der Waals surface area contributed by atoms with Gasteiger partial charge in [-0.3, -0.25) is 4.79 Å². The highest BCUT2D eigenvalue weighted by molar-refractivity contribution is 5.94. The number of rotatable bonds is 4. The minimum atomic E-state index is -2.93. The van der Waals surface area contributed by atoms with E-state index in [2.05, 4.69) is 20.4 Å². The SMILES string of the molecule is O=C(Nc1cccc(OC(F)F)n1)C1CC2CC2N1. The van der Waals surface area contributed by atoms with E-state index in [-0.39, 0.29) is 23.6 Å². The molecule has 102 valence electrons. The molecule has 19 heavy (non-hydrogen) atoms. The van der Waals surface area contributed by atoms with Crippen LogP contribution >= 0.6 is 0 Å². The van der Waals surface area contributed by atoms with Crippen molar-refractivity contribution < 1.29 is 18.3 Å². The van der Waals surface area contributed by atoms with E-state index in [4.69, 9.17) is 0 Å². The molecule has 1 aromatic rings. The van der Waals surface area contributed by atoms with Gasteiger partial charge in [-0.1, -0.05) is 6.07 Å². The van der Waals surface area contributed by atoms with Gasteiger partial charge in [0, 0.05) is 12.1 Å². The third-order valence-corrected chi connectivity index (χ3v) is 3.38. The predicted molar refractivity (Wildman–Crippen MR) is 62.9 cm³/mol. The average molecular weight is 269 g/mol. The number of ether oxygens (including phenoxy) is 1. The number of fused-ring (bicyclic) bond motifs is 1. The molecule has 1 amide bonds. The Balaban J connectivity index is 1.60. The Morgan fingerprint density at radius 3 is 3.00 bits per heavy atom. The Morgan fingerprint density at radius 2 is 2.32 bits per heavy atom. The Labute approximate surface area is 108 Å². The summed E-state index contributed by atoms with van der Waals surface area (Å²) < 4.78 is 28.3. The summed E-state index contributed by atoms with van der Waals surface area (Å²) in [6.45, 7) is -2.93. The van der Waals surface area contributed by atoms with Gasteiger partial charge in [0.1, 0.15) is 5.82 Å². The molecule has 5 nitrogen and oxygen atoms in total. The summed E-state index contributed by atoms with van der Waals surface area (Å²) >= 11 is 0. The molecule has 0 spiro atoms. The number of carbonyl (C=O) groups excluding carboxylic acids is 1. The van der Waals surface area contributed by atoms with Crippen molar-refractivity contribution in [1.82, 2.24) is 10.3 Å². The molecule has 1 aliphatic heterocycles. The lowest BCUT2D eigenvalue weighted by atomic mass is 10.2. The lowest BCUT2D eigenvalue weighted by molar-refractivity contribution is -0.118. The molecular formula is C12H13F2N3O2. The molecule has 0 aromatic carbocycles. The highest BCUT2D eigenvalue weighted by Gasteiger charge is 2.47. The summed E-state index contributed by atoms with van der Waals surface area (Å²) in [5.74, 6) is 0.423. The van der Waals surface area contributed by atoms with Gasteiger partial charge in [-0.2, -0.15) is 13.8 Å². The second-order valence-corrected chi connectivity index (χ2v) is 4.79. The first-order valence-corrected chi connectivity index (χ1v) is 6.10. The first-order valence-electron chi connectivity index (χ1n) is 6.10. The molecule has 2 heterocycles. The largest absolute Gasteiger partial charge is 0.417 e. The molecule has 2 aliphatic rings. The standard InChI is InChI=1S/C12H13F2N3O2/c13-12(14)19-10-3-1-2-9(16-10)17-11(18)8-5-6-4-7(6)15-8/h1-3,6-8,12,15H,4-5H2,(H,16,17,18). The minimum Gasteiger partial charge on any atom is -0.417 e. The van der Waals surface area contributed by atoms with Gasteiger partial charge < -0.3 is 15.4 Å². The Bertz CT molecular complexity index is 488. The van der Waals surface area contributed by atoms with Gasteiger partial charge in [0.25, 0.3) is 0 Å². The van der Waals surface area contributed by atoms with E-state index < -0.39 is 6.61 Å². The van der Waals surface area contributed by atoms with Crippen LogP contribution in [0.25, 0.3) is 0 Å². The number of carbonyl (C=O) groups is 1. The molecule has 3 unspecified atom stereocenters. The maximum atomic E-state index is 12.0. The number of pyridine rings is 1. The molecule has 1 saturated carbocycles. The molecule has 1 aliphatic carbocycles. The summed E-state index contributed by atoms with van der Waals surface area (Å²) in [6, 6.07) is 4.60. The second-order valence-electron chi connectivity index (χ2n) is 4.79. The third-order valence-electron chi connectivity index (χ3n) is 3.38. The van der Waals surface area contributed by atoms with Gasteiger partial charge in [0.2, 0.25) is 11.8 Å². The normalized spacial score (nSPS) is 28.1. The minimum absolute atomic E-state index is 0.186. The van der Waals surface area contributed by atoms with E-state index in [0.717, 1.165) is 12.8 Å². The van der Waals surface area contributed by atoms with Crippen LogP contribution in [-0.2, 0) is 4.79 Å². The summed E-state index contributed by atoms with van der Waals surface area (Å²) in [6.07, 6.45) is 1.96. The predicted octanol–water partition coefficient (Wildman–Crippen LogP) is 1.37. The zero-order valence-corrected chi connectivity index (χ0v) is 9.98. The van der Waals surface area contributed by atoms with Crippen LogP contribution in [0.1, 0.15) is 12.8 Å². The second kappa shape index (κ2) is 4.73. The van der Waals surface area contributed by atoms with Crippen molar-refractivity contribution in [2.24, 2.45) is 5.92 Å². The molecule has 1 saturated heterocycles.